The summed E-state index contributed by atoms with van der Waals surface area (Å²) in [6.45, 7) is 10.0. The zero-order chi connectivity index (χ0) is 24.6. The van der Waals surface area contributed by atoms with Crippen molar-refractivity contribution in [2.45, 2.75) is 13.8 Å². The van der Waals surface area contributed by atoms with Crippen LogP contribution in [0.3, 0.4) is 0 Å². The predicted octanol–water partition coefficient (Wildman–Crippen LogP) is 4.06. The fourth-order valence-corrected chi connectivity index (χ4v) is 5.05. The van der Waals surface area contributed by atoms with Gasteiger partial charge in [-0.25, -0.2) is 9.97 Å². The molecule has 0 atom stereocenters. The van der Waals surface area contributed by atoms with Gasteiger partial charge in [0.1, 0.15) is 5.75 Å². The van der Waals surface area contributed by atoms with E-state index in [1.807, 2.05) is 35.9 Å². The fraction of sp³-hybridized carbons (Fsp3) is 0.296. The number of piperazine rings is 1. The van der Waals surface area contributed by atoms with Crippen LogP contribution in [-0.4, -0.2) is 68.8 Å². The summed E-state index contributed by atoms with van der Waals surface area (Å²) in [5.74, 6) is 1.20. The lowest BCUT2D eigenvalue weighted by molar-refractivity contribution is 0.271. The summed E-state index contributed by atoms with van der Waals surface area (Å²) in [6, 6.07) is 12.6. The molecule has 1 saturated heterocycles. The van der Waals surface area contributed by atoms with Crippen LogP contribution < -0.4 is 15.4 Å². The number of anilines is 2. The molecular weight excluding hydrogens is 452 g/mol. The maximum Gasteiger partial charge on any atom is 0.180 e. The van der Waals surface area contributed by atoms with E-state index >= 15 is 0 Å². The number of likely N-dealkylation sites (N-methyl/N-ethyl adjacent to an activating group) is 1. The molecule has 0 bridgehead atoms. The number of benzene rings is 2. The van der Waals surface area contributed by atoms with Crippen molar-refractivity contribution in [3.8, 4) is 28.3 Å². The van der Waals surface area contributed by atoms with Crippen molar-refractivity contribution in [1.82, 2.24) is 29.5 Å². The number of hydrogen-bond donors (Lipinski definition) is 2. The molecule has 1 aliphatic heterocycles. The van der Waals surface area contributed by atoms with Gasteiger partial charge in [0.25, 0.3) is 0 Å². The van der Waals surface area contributed by atoms with Crippen LogP contribution in [0.4, 0.5) is 11.5 Å². The number of nitrogens with two attached hydrogens (primary N) is 1. The third kappa shape index (κ3) is 3.81. The fourth-order valence-electron chi connectivity index (χ4n) is 5.05. The molecule has 0 unspecified atom stereocenters. The standard InChI is InChI=1S/C27H30N8O/c1-3-33-11-13-34(14-12-33)20-7-8-21(23(16-20)36-4-2)25-24(31-26(28)27-29-9-10-35(25)27)18-5-6-19-17-30-32-22(19)15-18/h5-10,15-17H,3-4,11-14H2,1-2H3,(H2,28,31)(H,30,32). The van der Waals surface area contributed by atoms with E-state index in [4.69, 9.17) is 15.5 Å². The molecule has 9 nitrogen and oxygen atoms in total. The molecule has 0 saturated carbocycles. The third-order valence-electron chi connectivity index (χ3n) is 6.99. The largest absolute Gasteiger partial charge is 0.493 e. The van der Waals surface area contributed by atoms with E-state index in [0.717, 1.165) is 71.9 Å². The van der Waals surface area contributed by atoms with Crippen LogP contribution in [0.2, 0.25) is 0 Å². The van der Waals surface area contributed by atoms with Crippen molar-refractivity contribution < 1.29 is 4.74 Å². The molecule has 36 heavy (non-hydrogen) atoms. The van der Waals surface area contributed by atoms with Gasteiger partial charge in [0.05, 0.1) is 29.7 Å². The highest BCUT2D eigenvalue weighted by Gasteiger charge is 2.22. The van der Waals surface area contributed by atoms with Gasteiger partial charge in [-0.2, -0.15) is 5.10 Å². The lowest BCUT2D eigenvalue weighted by atomic mass is 10.0. The van der Waals surface area contributed by atoms with Gasteiger partial charge in [-0.15, -0.1) is 0 Å². The van der Waals surface area contributed by atoms with Crippen molar-refractivity contribution >= 4 is 28.1 Å². The lowest BCUT2D eigenvalue weighted by Gasteiger charge is -2.35. The van der Waals surface area contributed by atoms with Crippen LogP contribution in [0.5, 0.6) is 5.75 Å². The van der Waals surface area contributed by atoms with Gasteiger partial charge < -0.3 is 20.3 Å². The van der Waals surface area contributed by atoms with Crippen molar-refractivity contribution in [3.63, 3.8) is 0 Å². The Kier molecular flexibility index (Phi) is 5.69. The first-order valence-corrected chi connectivity index (χ1v) is 12.5. The summed E-state index contributed by atoms with van der Waals surface area (Å²) in [7, 11) is 0. The zero-order valence-electron chi connectivity index (χ0n) is 20.6. The number of imidazole rings is 1. The van der Waals surface area contributed by atoms with Gasteiger partial charge in [0.15, 0.2) is 11.5 Å². The minimum Gasteiger partial charge on any atom is -0.493 e. The number of nitrogens with one attached hydrogen (secondary N) is 1. The Morgan fingerprint density at radius 1 is 1.06 bits per heavy atom. The topological polar surface area (TPSA) is 101 Å². The quantitative estimate of drug-likeness (QED) is 0.376. The molecule has 0 spiro atoms. The molecule has 0 aliphatic carbocycles. The molecule has 184 valence electrons. The number of ether oxygens (including phenoxy) is 1. The Hall–Kier alpha value is -4.11. The molecule has 0 radical (unpaired) electrons. The number of aromatic nitrogens is 5. The first-order valence-electron chi connectivity index (χ1n) is 12.5. The smallest absolute Gasteiger partial charge is 0.180 e. The van der Waals surface area contributed by atoms with Crippen LogP contribution in [0.1, 0.15) is 13.8 Å². The first-order chi connectivity index (χ1) is 17.7. The normalized spacial score (nSPS) is 14.7. The van der Waals surface area contributed by atoms with E-state index < -0.39 is 0 Å². The number of nitrogen functional groups attached to an aromatic ring is 1. The van der Waals surface area contributed by atoms with Crippen LogP contribution in [0, 0.1) is 0 Å². The van der Waals surface area contributed by atoms with Gasteiger partial charge >= 0.3 is 0 Å². The second kappa shape index (κ2) is 9.16. The number of rotatable bonds is 6. The Morgan fingerprint density at radius 2 is 1.92 bits per heavy atom. The van der Waals surface area contributed by atoms with Gasteiger partial charge in [0, 0.05) is 66.8 Å². The van der Waals surface area contributed by atoms with Crippen molar-refractivity contribution in [2.24, 2.45) is 0 Å². The summed E-state index contributed by atoms with van der Waals surface area (Å²) in [5, 5.41) is 8.26. The number of hydrogen-bond acceptors (Lipinski definition) is 7. The highest BCUT2D eigenvalue weighted by atomic mass is 16.5. The van der Waals surface area contributed by atoms with Crippen LogP contribution in [0.15, 0.2) is 55.0 Å². The third-order valence-corrected chi connectivity index (χ3v) is 6.99. The summed E-state index contributed by atoms with van der Waals surface area (Å²) in [6.07, 6.45) is 5.49. The van der Waals surface area contributed by atoms with Crippen LogP contribution >= 0.6 is 0 Å². The van der Waals surface area contributed by atoms with Crippen molar-refractivity contribution in [2.75, 3.05) is 50.0 Å². The highest BCUT2D eigenvalue weighted by Crippen LogP contribution is 2.40. The summed E-state index contributed by atoms with van der Waals surface area (Å²) in [4.78, 5) is 14.2. The molecular formula is C27H30N8O. The second-order valence-corrected chi connectivity index (χ2v) is 9.02. The molecule has 5 aromatic rings. The number of H-pyrrole nitrogens is 1. The average molecular weight is 483 g/mol. The molecule has 6 rings (SSSR count). The SMILES string of the molecule is CCOc1cc(N2CCN(CC)CC2)ccc1-c1c(-c2ccc3cn[nH]c3c2)nc(N)c2nccn12. The Morgan fingerprint density at radius 3 is 2.72 bits per heavy atom. The second-order valence-electron chi connectivity index (χ2n) is 9.02. The zero-order valence-corrected chi connectivity index (χ0v) is 20.6. The van der Waals surface area contributed by atoms with Crippen LogP contribution in [0.25, 0.3) is 39.1 Å². The lowest BCUT2D eigenvalue weighted by Crippen LogP contribution is -2.46. The molecule has 1 fully saturated rings. The Balaban J connectivity index is 1.51. The molecule has 4 heterocycles. The average Bonchev–Trinajstić information content (AvgIpc) is 3.59. The van der Waals surface area contributed by atoms with E-state index in [0.29, 0.717) is 18.1 Å². The first kappa shape index (κ1) is 22.4. The number of nitrogens with zero attached hydrogens (tertiary/aromatic N) is 6. The van der Waals surface area contributed by atoms with Gasteiger partial charge in [-0.1, -0.05) is 19.1 Å². The summed E-state index contributed by atoms with van der Waals surface area (Å²) >= 11 is 0. The predicted molar refractivity (Wildman–Crippen MR) is 143 cm³/mol. The van der Waals surface area contributed by atoms with Crippen LogP contribution in [-0.2, 0) is 0 Å². The van der Waals surface area contributed by atoms with Crippen molar-refractivity contribution in [1.29, 1.82) is 0 Å². The van der Waals surface area contributed by atoms with Crippen molar-refractivity contribution in [3.05, 3.63) is 55.0 Å². The minimum atomic E-state index is 0.381. The van der Waals surface area contributed by atoms with Gasteiger partial charge in [-0.05, 0) is 31.7 Å². The molecule has 3 aromatic heterocycles. The highest BCUT2D eigenvalue weighted by molar-refractivity contribution is 5.90. The summed E-state index contributed by atoms with van der Waals surface area (Å²) < 4.78 is 8.23. The molecule has 1 aliphatic rings. The maximum absolute atomic E-state index is 6.36. The van der Waals surface area contributed by atoms with E-state index in [2.05, 4.69) is 56.2 Å². The molecule has 0 amide bonds. The van der Waals surface area contributed by atoms with E-state index in [1.165, 1.54) is 5.69 Å². The van der Waals surface area contributed by atoms with Gasteiger partial charge in [0.2, 0.25) is 0 Å². The molecule has 3 N–H and O–H groups in total. The number of fused-ring (bicyclic) bond motifs is 2. The minimum absolute atomic E-state index is 0.381. The monoisotopic (exact) mass is 482 g/mol. The number of aromatic amines is 1. The van der Waals surface area contributed by atoms with E-state index in [1.54, 1.807) is 6.20 Å². The van der Waals surface area contributed by atoms with E-state index in [9.17, 15) is 0 Å². The maximum atomic E-state index is 6.36. The summed E-state index contributed by atoms with van der Waals surface area (Å²) in [5.41, 5.74) is 12.6. The van der Waals surface area contributed by atoms with Gasteiger partial charge in [-0.3, -0.25) is 9.50 Å². The Bertz CT molecular complexity index is 1530. The van der Waals surface area contributed by atoms with E-state index in [-0.39, 0.29) is 0 Å². The molecule has 9 heteroatoms. The molecule has 2 aromatic carbocycles. The Labute approximate surface area is 209 Å².